The highest BCUT2D eigenvalue weighted by Crippen LogP contribution is 2.45. The van der Waals surface area contributed by atoms with Crippen molar-refractivity contribution in [3.05, 3.63) is 119 Å². The molecule has 0 N–H and O–H groups in total. The Bertz CT molecular complexity index is 1920. The Morgan fingerprint density at radius 2 is 0.861 bits per heavy atom. The van der Waals surface area contributed by atoms with Crippen LogP contribution >= 0.6 is 0 Å². The van der Waals surface area contributed by atoms with Crippen LogP contribution in [0.15, 0.2) is 97.1 Å². The molecule has 0 aliphatic rings. The van der Waals surface area contributed by atoms with E-state index in [9.17, 15) is 0 Å². The Hall–Kier alpha value is -4.16. The normalized spacial score (nSPS) is 11.9. The second-order valence-electron chi connectivity index (χ2n) is 10.6. The third-order valence-corrected chi connectivity index (χ3v) is 7.69. The minimum Gasteiger partial charge on any atom is -0.0610 e. The molecule has 0 saturated carbocycles. The van der Waals surface area contributed by atoms with E-state index in [1.165, 1.54) is 87.6 Å². The van der Waals surface area contributed by atoms with Gasteiger partial charge in [-0.3, -0.25) is 0 Å². The van der Waals surface area contributed by atoms with Crippen LogP contribution in [-0.4, -0.2) is 0 Å². The van der Waals surface area contributed by atoms with Gasteiger partial charge in [-0.05, 0) is 105 Å². The van der Waals surface area contributed by atoms with Crippen molar-refractivity contribution < 1.29 is 0 Å². The van der Waals surface area contributed by atoms with Crippen molar-refractivity contribution in [1.29, 1.82) is 0 Å². The van der Waals surface area contributed by atoms with E-state index in [0.29, 0.717) is 0 Å². The first-order valence-corrected chi connectivity index (χ1v) is 12.8. The summed E-state index contributed by atoms with van der Waals surface area (Å²) in [6.45, 7) is 8.77. The number of fused-ring (bicyclic) bond motifs is 2. The summed E-state index contributed by atoms with van der Waals surface area (Å²) >= 11 is 0. The van der Waals surface area contributed by atoms with Crippen molar-refractivity contribution in [2.24, 2.45) is 0 Å². The van der Waals surface area contributed by atoms with Crippen LogP contribution in [0.1, 0.15) is 22.3 Å². The zero-order valence-electron chi connectivity index (χ0n) is 21.2. The van der Waals surface area contributed by atoms with Gasteiger partial charge < -0.3 is 0 Å². The summed E-state index contributed by atoms with van der Waals surface area (Å²) in [7, 11) is 0. The lowest BCUT2D eigenvalue weighted by Crippen LogP contribution is -1.92. The summed E-state index contributed by atoms with van der Waals surface area (Å²) in [5.41, 5.74) is 10.4. The molecule has 0 radical (unpaired) electrons. The molecule has 0 aromatic heterocycles. The molecule has 7 rings (SSSR count). The van der Waals surface area contributed by atoms with Gasteiger partial charge in [-0.2, -0.15) is 0 Å². The summed E-state index contributed by atoms with van der Waals surface area (Å²) in [6.07, 6.45) is 0. The number of rotatable bonds is 2. The van der Waals surface area contributed by atoms with Crippen LogP contribution in [-0.2, 0) is 0 Å². The molecule has 0 heterocycles. The third-order valence-electron chi connectivity index (χ3n) is 7.69. The van der Waals surface area contributed by atoms with Crippen molar-refractivity contribution in [3.63, 3.8) is 0 Å². The largest absolute Gasteiger partial charge is 0.0610 e. The summed E-state index contributed by atoms with van der Waals surface area (Å²) in [4.78, 5) is 0. The Labute approximate surface area is 212 Å². The molecule has 7 aromatic rings. The van der Waals surface area contributed by atoms with E-state index in [1.54, 1.807) is 0 Å². The van der Waals surface area contributed by atoms with E-state index in [-0.39, 0.29) is 0 Å². The molecule has 172 valence electrons. The Kier molecular flexibility index (Phi) is 4.51. The quantitative estimate of drug-likeness (QED) is 0.178. The highest BCUT2D eigenvalue weighted by atomic mass is 14.2. The zero-order valence-corrected chi connectivity index (χ0v) is 21.2. The van der Waals surface area contributed by atoms with Gasteiger partial charge in [-0.25, -0.2) is 0 Å². The van der Waals surface area contributed by atoms with Crippen molar-refractivity contribution in [1.82, 2.24) is 0 Å². The third kappa shape index (κ3) is 3.14. The van der Waals surface area contributed by atoms with Crippen molar-refractivity contribution in [2.45, 2.75) is 27.7 Å². The zero-order chi connectivity index (χ0) is 24.6. The van der Waals surface area contributed by atoms with Gasteiger partial charge in [0.2, 0.25) is 0 Å². The van der Waals surface area contributed by atoms with E-state index in [1.807, 2.05) is 0 Å². The molecular formula is C36H28. The van der Waals surface area contributed by atoms with Crippen LogP contribution in [0.3, 0.4) is 0 Å². The molecule has 0 spiro atoms. The van der Waals surface area contributed by atoms with Crippen LogP contribution in [0.2, 0.25) is 0 Å². The highest BCUT2D eigenvalue weighted by Gasteiger charge is 2.17. The van der Waals surface area contributed by atoms with E-state index in [2.05, 4.69) is 125 Å². The fraction of sp³-hybridized carbons (Fsp3) is 0.111. The lowest BCUT2D eigenvalue weighted by Gasteiger charge is -2.19. The molecule has 0 amide bonds. The lowest BCUT2D eigenvalue weighted by atomic mass is 9.84. The Morgan fingerprint density at radius 3 is 1.50 bits per heavy atom. The van der Waals surface area contributed by atoms with E-state index in [0.717, 1.165) is 0 Å². The molecule has 0 atom stereocenters. The second kappa shape index (κ2) is 7.67. The Morgan fingerprint density at radius 1 is 0.361 bits per heavy atom. The fourth-order valence-electron chi connectivity index (χ4n) is 6.40. The van der Waals surface area contributed by atoms with Crippen molar-refractivity contribution in [3.8, 4) is 22.3 Å². The highest BCUT2D eigenvalue weighted by molar-refractivity contribution is 6.34. The maximum absolute atomic E-state index is 2.43. The minimum atomic E-state index is 1.28. The van der Waals surface area contributed by atoms with Gasteiger partial charge in [-0.15, -0.1) is 0 Å². The molecule has 0 nitrogen and oxygen atoms in total. The monoisotopic (exact) mass is 460 g/mol. The van der Waals surface area contributed by atoms with Gasteiger partial charge in [-0.1, -0.05) is 107 Å². The van der Waals surface area contributed by atoms with Gasteiger partial charge in [0.15, 0.2) is 0 Å². The molecule has 36 heavy (non-hydrogen) atoms. The van der Waals surface area contributed by atoms with Crippen LogP contribution in [0.5, 0.6) is 0 Å². The van der Waals surface area contributed by atoms with Gasteiger partial charge in [0.1, 0.15) is 0 Å². The molecule has 0 fully saturated rings. The van der Waals surface area contributed by atoms with Gasteiger partial charge in [0, 0.05) is 0 Å². The van der Waals surface area contributed by atoms with Gasteiger partial charge >= 0.3 is 0 Å². The Balaban J connectivity index is 1.71. The number of aryl methyl sites for hydroxylation is 4. The number of benzene rings is 7. The predicted octanol–water partition coefficient (Wildman–Crippen LogP) is 10.3. The molecule has 0 aliphatic carbocycles. The molecule has 0 aliphatic heterocycles. The van der Waals surface area contributed by atoms with Crippen molar-refractivity contribution >= 4 is 43.1 Å². The molecule has 0 bridgehead atoms. The topological polar surface area (TPSA) is 0 Å². The van der Waals surface area contributed by atoms with Crippen molar-refractivity contribution in [2.75, 3.05) is 0 Å². The van der Waals surface area contributed by atoms with E-state index >= 15 is 0 Å². The molecular weight excluding hydrogens is 432 g/mol. The first-order valence-electron chi connectivity index (χ1n) is 12.8. The minimum absolute atomic E-state index is 1.28. The maximum atomic E-state index is 2.43. The lowest BCUT2D eigenvalue weighted by molar-refractivity contribution is 1.38. The first-order chi connectivity index (χ1) is 17.5. The SMILES string of the molecule is Cc1cc(C)cc(-c2cc3c(-c4cc(C)cc(C)c4)ccc4c5cccc6cccc(c(c2)c34)c65)c1. The molecule has 0 saturated heterocycles. The van der Waals surface area contributed by atoms with Crippen LogP contribution in [0.25, 0.3) is 65.3 Å². The summed E-state index contributed by atoms with van der Waals surface area (Å²) in [6, 6.07) is 36.8. The average molecular weight is 461 g/mol. The molecule has 7 aromatic carbocycles. The van der Waals surface area contributed by atoms with Crippen LogP contribution in [0, 0.1) is 27.7 Å². The molecule has 0 unspecified atom stereocenters. The number of hydrogen-bond acceptors (Lipinski definition) is 0. The summed E-state index contributed by atoms with van der Waals surface area (Å²) in [5.74, 6) is 0. The second-order valence-corrected chi connectivity index (χ2v) is 10.6. The van der Waals surface area contributed by atoms with Gasteiger partial charge in [0.25, 0.3) is 0 Å². The van der Waals surface area contributed by atoms with E-state index in [4.69, 9.17) is 0 Å². The van der Waals surface area contributed by atoms with Crippen LogP contribution < -0.4 is 0 Å². The first kappa shape index (κ1) is 21.1. The smallest absolute Gasteiger partial charge is 0.00197 e. The standard InChI is InChI=1S/C36H28/c1-21-13-22(2)16-26(15-21)27-19-33-29(28-17-23(3)14-24(4)18-28)11-12-32-30-9-5-7-25-8-6-10-31(35(25)30)34(20-27)36(32)33/h5-20H,1-4H3. The average Bonchev–Trinajstić information content (AvgIpc) is 2.85. The van der Waals surface area contributed by atoms with E-state index < -0.39 is 0 Å². The fourth-order valence-corrected chi connectivity index (χ4v) is 6.40. The molecule has 0 heteroatoms. The maximum Gasteiger partial charge on any atom is -0.00197 e. The van der Waals surface area contributed by atoms with Crippen LogP contribution in [0.4, 0.5) is 0 Å². The van der Waals surface area contributed by atoms with Gasteiger partial charge in [0.05, 0.1) is 0 Å². The predicted molar refractivity (Wildman–Crippen MR) is 157 cm³/mol. The number of hydrogen-bond donors (Lipinski definition) is 0. The summed E-state index contributed by atoms with van der Waals surface area (Å²) in [5, 5.41) is 10.7. The summed E-state index contributed by atoms with van der Waals surface area (Å²) < 4.78 is 0.